The van der Waals surface area contributed by atoms with Crippen LogP contribution >= 0.6 is 0 Å². The number of nitrogens with zero attached hydrogens (tertiary/aromatic N) is 2. The molecule has 1 heterocycles. The van der Waals surface area contributed by atoms with Gasteiger partial charge in [-0.05, 0) is 57.9 Å². The highest BCUT2D eigenvalue weighted by molar-refractivity contribution is 5.67. The highest BCUT2D eigenvalue weighted by Crippen LogP contribution is 2.20. The number of aromatic nitrogens is 2. The van der Waals surface area contributed by atoms with Crippen molar-refractivity contribution < 1.29 is 18.8 Å². The van der Waals surface area contributed by atoms with Crippen LogP contribution in [0.25, 0.3) is 11.4 Å². The number of alkyl carbamates (subject to hydrolysis) is 1. The van der Waals surface area contributed by atoms with Crippen LogP contribution in [0.3, 0.4) is 0 Å². The molecule has 0 bridgehead atoms. The summed E-state index contributed by atoms with van der Waals surface area (Å²) in [5.74, 6) is 1.96. The Balaban J connectivity index is 1.65. The van der Waals surface area contributed by atoms with Gasteiger partial charge >= 0.3 is 6.09 Å². The number of carbonyl (C=O) groups is 1. The average molecular weight is 446 g/mol. The van der Waals surface area contributed by atoms with Gasteiger partial charge in [0.1, 0.15) is 11.4 Å². The minimum absolute atomic E-state index is 0.419. The molecule has 0 unspecified atom stereocenters. The maximum absolute atomic E-state index is 11.6. The molecule has 0 saturated carbocycles. The molecule has 0 aliphatic rings. The Hall–Kier alpha value is -2.57. The van der Waals surface area contributed by atoms with Crippen molar-refractivity contribution in [2.75, 3.05) is 13.2 Å². The predicted octanol–water partition coefficient (Wildman–Crippen LogP) is 6.32. The third kappa shape index (κ3) is 10.6. The van der Waals surface area contributed by atoms with Crippen LogP contribution in [0.4, 0.5) is 4.79 Å². The molecular weight excluding hydrogens is 406 g/mol. The van der Waals surface area contributed by atoms with Gasteiger partial charge in [0.2, 0.25) is 11.7 Å². The molecule has 0 aliphatic heterocycles. The zero-order valence-corrected chi connectivity index (χ0v) is 20.1. The molecule has 0 aliphatic carbocycles. The highest BCUT2D eigenvalue weighted by atomic mass is 16.6. The number of aryl methyl sites for hydroxylation is 1. The van der Waals surface area contributed by atoms with Gasteiger partial charge in [0.05, 0.1) is 6.61 Å². The molecule has 0 spiro atoms. The summed E-state index contributed by atoms with van der Waals surface area (Å²) in [5, 5.41) is 6.78. The third-order valence-electron chi connectivity index (χ3n) is 4.83. The van der Waals surface area contributed by atoms with Gasteiger partial charge in [-0.3, -0.25) is 0 Å². The van der Waals surface area contributed by atoms with Crippen molar-refractivity contribution in [3.05, 3.63) is 30.2 Å². The first kappa shape index (κ1) is 25.7. The van der Waals surface area contributed by atoms with E-state index in [2.05, 4.69) is 22.4 Å². The van der Waals surface area contributed by atoms with Gasteiger partial charge in [0.15, 0.2) is 0 Å². The van der Waals surface area contributed by atoms with Crippen molar-refractivity contribution in [2.24, 2.45) is 0 Å². The molecule has 7 nitrogen and oxygen atoms in total. The summed E-state index contributed by atoms with van der Waals surface area (Å²) >= 11 is 0. The lowest BCUT2D eigenvalue weighted by Crippen LogP contribution is -2.33. The summed E-state index contributed by atoms with van der Waals surface area (Å²) in [4.78, 5) is 16.1. The number of nitrogens with one attached hydrogen (secondary N) is 1. The number of unbranched alkanes of at least 4 members (excludes halogenated alkanes) is 6. The average Bonchev–Trinajstić information content (AvgIpc) is 3.21. The van der Waals surface area contributed by atoms with Crippen LogP contribution in [-0.4, -0.2) is 35.0 Å². The fourth-order valence-electron chi connectivity index (χ4n) is 3.17. The van der Waals surface area contributed by atoms with Crippen LogP contribution in [0.1, 0.15) is 85.0 Å². The second kappa shape index (κ2) is 13.8. The van der Waals surface area contributed by atoms with Crippen LogP contribution in [0.5, 0.6) is 5.75 Å². The second-order valence-corrected chi connectivity index (χ2v) is 9.04. The summed E-state index contributed by atoms with van der Waals surface area (Å²) in [6.07, 6.45) is 9.76. The van der Waals surface area contributed by atoms with E-state index < -0.39 is 11.7 Å². The van der Waals surface area contributed by atoms with E-state index >= 15 is 0 Å². The van der Waals surface area contributed by atoms with Crippen molar-refractivity contribution in [3.8, 4) is 17.1 Å². The predicted molar refractivity (Wildman–Crippen MR) is 126 cm³/mol. The van der Waals surface area contributed by atoms with Crippen LogP contribution < -0.4 is 10.1 Å². The van der Waals surface area contributed by atoms with Gasteiger partial charge in [-0.1, -0.05) is 50.6 Å². The van der Waals surface area contributed by atoms with Crippen LogP contribution in [0, 0.1) is 0 Å². The van der Waals surface area contributed by atoms with E-state index in [1.54, 1.807) is 0 Å². The lowest BCUT2D eigenvalue weighted by Gasteiger charge is -2.19. The summed E-state index contributed by atoms with van der Waals surface area (Å²) < 4.78 is 16.4. The first-order chi connectivity index (χ1) is 15.4. The monoisotopic (exact) mass is 445 g/mol. The lowest BCUT2D eigenvalue weighted by atomic mass is 10.1. The van der Waals surface area contributed by atoms with Gasteiger partial charge < -0.3 is 19.3 Å². The third-order valence-corrected chi connectivity index (χ3v) is 4.83. The maximum atomic E-state index is 11.6. The smallest absolute Gasteiger partial charge is 0.407 e. The molecule has 2 rings (SSSR count). The lowest BCUT2D eigenvalue weighted by molar-refractivity contribution is 0.0527. The van der Waals surface area contributed by atoms with Crippen molar-refractivity contribution in [1.82, 2.24) is 15.5 Å². The van der Waals surface area contributed by atoms with E-state index in [1.807, 2.05) is 45.0 Å². The van der Waals surface area contributed by atoms with E-state index in [0.717, 1.165) is 24.3 Å². The summed E-state index contributed by atoms with van der Waals surface area (Å²) in [5.41, 5.74) is 0.384. The Bertz CT molecular complexity index is 781. The Kier molecular flexibility index (Phi) is 11.0. The SMILES string of the molecule is CCCCCCCCCOc1ccc(-c2noc(CCCNC(=O)OC(C)(C)C)n2)cc1. The Morgan fingerprint density at radius 2 is 1.69 bits per heavy atom. The highest BCUT2D eigenvalue weighted by Gasteiger charge is 2.15. The maximum Gasteiger partial charge on any atom is 0.407 e. The van der Waals surface area contributed by atoms with E-state index in [-0.39, 0.29) is 0 Å². The number of rotatable bonds is 14. The van der Waals surface area contributed by atoms with Gasteiger partial charge in [0.25, 0.3) is 0 Å². The number of carbonyl (C=O) groups excluding carboxylic acids is 1. The van der Waals surface area contributed by atoms with Gasteiger partial charge in [0, 0.05) is 18.5 Å². The number of hydrogen-bond acceptors (Lipinski definition) is 6. The number of ether oxygens (including phenoxy) is 2. The van der Waals surface area contributed by atoms with Crippen LogP contribution in [-0.2, 0) is 11.2 Å². The zero-order chi connectivity index (χ0) is 23.2. The minimum Gasteiger partial charge on any atom is -0.494 e. The molecule has 0 fully saturated rings. The number of hydrogen-bond donors (Lipinski definition) is 1. The van der Waals surface area contributed by atoms with Crippen molar-refractivity contribution in [2.45, 2.75) is 91.1 Å². The largest absolute Gasteiger partial charge is 0.494 e. The first-order valence-corrected chi connectivity index (χ1v) is 11.9. The molecule has 0 atom stereocenters. The molecule has 0 radical (unpaired) electrons. The first-order valence-electron chi connectivity index (χ1n) is 11.9. The van der Waals surface area contributed by atoms with Crippen molar-refractivity contribution in [3.63, 3.8) is 0 Å². The standard InChI is InChI=1S/C25H39N3O4/c1-5-6-7-8-9-10-11-19-30-21-16-14-20(15-17-21)23-27-22(32-28-23)13-12-18-26-24(29)31-25(2,3)4/h14-17H,5-13,18-19H2,1-4H3,(H,26,29). The van der Waals surface area contributed by atoms with Crippen LogP contribution in [0.15, 0.2) is 28.8 Å². The quantitative estimate of drug-likeness (QED) is 0.342. The van der Waals surface area contributed by atoms with E-state index in [9.17, 15) is 4.79 Å². The molecular formula is C25H39N3O4. The molecule has 2 aromatic rings. The zero-order valence-electron chi connectivity index (χ0n) is 20.1. The van der Waals surface area contributed by atoms with Crippen molar-refractivity contribution in [1.29, 1.82) is 0 Å². The molecule has 1 amide bonds. The topological polar surface area (TPSA) is 86.5 Å². The summed E-state index contributed by atoms with van der Waals surface area (Å²) in [7, 11) is 0. The molecule has 1 aromatic carbocycles. The van der Waals surface area contributed by atoms with Crippen LogP contribution in [0.2, 0.25) is 0 Å². The molecule has 7 heteroatoms. The summed E-state index contributed by atoms with van der Waals surface area (Å²) in [6, 6.07) is 7.77. The fourth-order valence-corrected chi connectivity index (χ4v) is 3.17. The molecule has 32 heavy (non-hydrogen) atoms. The molecule has 0 saturated heterocycles. The fraction of sp³-hybridized carbons (Fsp3) is 0.640. The Morgan fingerprint density at radius 3 is 2.38 bits per heavy atom. The molecule has 1 aromatic heterocycles. The minimum atomic E-state index is -0.500. The summed E-state index contributed by atoms with van der Waals surface area (Å²) in [6.45, 7) is 8.98. The Morgan fingerprint density at radius 1 is 1.00 bits per heavy atom. The Labute approximate surface area is 192 Å². The van der Waals surface area contributed by atoms with E-state index in [0.29, 0.717) is 31.1 Å². The van der Waals surface area contributed by atoms with Gasteiger partial charge in [-0.15, -0.1) is 0 Å². The normalized spacial score (nSPS) is 11.4. The van der Waals surface area contributed by atoms with Crippen molar-refractivity contribution >= 4 is 6.09 Å². The van der Waals surface area contributed by atoms with E-state index in [4.69, 9.17) is 14.0 Å². The van der Waals surface area contributed by atoms with Gasteiger partial charge in [-0.2, -0.15) is 4.98 Å². The molecule has 1 N–H and O–H groups in total. The number of amides is 1. The van der Waals surface area contributed by atoms with Gasteiger partial charge in [-0.25, -0.2) is 4.79 Å². The number of benzene rings is 1. The molecule has 178 valence electrons. The second-order valence-electron chi connectivity index (χ2n) is 9.04. The van der Waals surface area contributed by atoms with E-state index in [1.165, 1.54) is 38.5 Å².